The standard InChI is InChI=1S/C20H39NO4/c1-5-7-9-11-12-13-15-16-24-19(22)18(3)21(4)20(23)25-17-14-10-8-6-2/h18H,5-17H2,1-4H3. The van der Waals surface area contributed by atoms with Gasteiger partial charge in [0.1, 0.15) is 6.04 Å². The molecule has 1 atom stereocenters. The highest BCUT2D eigenvalue weighted by atomic mass is 16.6. The molecule has 148 valence electrons. The minimum absolute atomic E-state index is 0.364. The Labute approximate surface area is 154 Å². The van der Waals surface area contributed by atoms with Gasteiger partial charge in [0.25, 0.3) is 0 Å². The molecular weight excluding hydrogens is 318 g/mol. The zero-order valence-corrected chi connectivity index (χ0v) is 16.8. The first-order valence-electron chi connectivity index (χ1n) is 10.1. The van der Waals surface area contributed by atoms with Crippen molar-refractivity contribution in [2.75, 3.05) is 20.3 Å². The molecule has 0 aliphatic carbocycles. The number of hydrogen-bond donors (Lipinski definition) is 0. The zero-order chi connectivity index (χ0) is 18.9. The van der Waals surface area contributed by atoms with E-state index in [-0.39, 0.29) is 5.97 Å². The Bertz CT molecular complexity index is 347. The van der Waals surface area contributed by atoms with Gasteiger partial charge in [0, 0.05) is 7.05 Å². The number of ether oxygens (including phenoxy) is 2. The summed E-state index contributed by atoms with van der Waals surface area (Å²) >= 11 is 0. The molecule has 0 fully saturated rings. The lowest BCUT2D eigenvalue weighted by molar-refractivity contribution is -0.148. The predicted octanol–water partition coefficient (Wildman–Crippen LogP) is 5.32. The van der Waals surface area contributed by atoms with Gasteiger partial charge in [-0.2, -0.15) is 0 Å². The van der Waals surface area contributed by atoms with Crippen LogP contribution in [0.2, 0.25) is 0 Å². The number of likely N-dealkylation sites (N-methyl/N-ethyl adjacent to an activating group) is 1. The van der Waals surface area contributed by atoms with Crippen molar-refractivity contribution in [2.45, 2.75) is 97.4 Å². The molecule has 0 saturated heterocycles. The van der Waals surface area contributed by atoms with Gasteiger partial charge in [0.2, 0.25) is 0 Å². The zero-order valence-electron chi connectivity index (χ0n) is 16.8. The van der Waals surface area contributed by atoms with Gasteiger partial charge in [-0.3, -0.25) is 4.90 Å². The molecule has 0 aliphatic heterocycles. The number of amides is 1. The van der Waals surface area contributed by atoms with Crippen LogP contribution < -0.4 is 0 Å². The van der Waals surface area contributed by atoms with Crippen LogP contribution >= 0.6 is 0 Å². The molecular formula is C20H39NO4. The molecule has 25 heavy (non-hydrogen) atoms. The molecule has 1 unspecified atom stereocenters. The molecule has 0 aromatic rings. The van der Waals surface area contributed by atoms with Crippen LogP contribution in [0.25, 0.3) is 0 Å². The number of carbonyl (C=O) groups excluding carboxylic acids is 2. The molecule has 0 saturated carbocycles. The third-order valence-electron chi connectivity index (χ3n) is 4.43. The number of rotatable bonds is 15. The molecule has 1 amide bonds. The van der Waals surface area contributed by atoms with Crippen molar-refractivity contribution in [1.29, 1.82) is 0 Å². The third kappa shape index (κ3) is 12.7. The summed E-state index contributed by atoms with van der Waals surface area (Å²) in [4.78, 5) is 25.2. The molecule has 0 aliphatic rings. The van der Waals surface area contributed by atoms with Crippen LogP contribution in [0.5, 0.6) is 0 Å². The number of hydrogen-bond acceptors (Lipinski definition) is 4. The maximum atomic E-state index is 12.0. The summed E-state index contributed by atoms with van der Waals surface area (Å²) in [5.74, 6) is -0.364. The van der Waals surface area contributed by atoms with Crippen molar-refractivity contribution >= 4 is 12.1 Å². The van der Waals surface area contributed by atoms with E-state index in [0.717, 1.165) is 38.5 Å². The van der Waals surface area contributed by atoms with Crippen molar-refractivity contribution in [3.05, 3.63) is 0 Å². The van der Waals surface area contributed by atoms with Crippen LogP contribution in [0.3, 0.4) is 0 Å². The fourth-order valence-electron chi connectivity index (χ4n) is 2.46. The largest absolute Gasteiger partial charge is 0.464 e. The number of esters is 1. The van der Waals surface area contributed by atoms with Gasteiger partial charge in [-0.1, -0.05) is 71.6 Å². The summed E-state index contributed by atoms with van der Waals surface area (Å²) in [5, 5.41) is 0. The second-order valence-corrected chi connectivity index (χ2v) is 6.75. The first-order chi connectivity index (χ1) is 12.0. The van der Waals surface area contributed by atoms with E-state index >= 15 is 0 Å². The van der Waals surface area contributed by atoms with Crippen molar-refractivity contribution < 1.29 is 19.1 Å². The lowest BCUT2D eigenvalue weighted by atomic mass is 10.1. The summed E-state index contributed by atoms with van der Waals surface area (Å²) in [7, 11) is 1.58. The van der Waals surface area contributed by atoms with E-state index in [1.54, 1.807) is 14.0 Å². The van der Waals surface area contributed by atoms with Crippen LogP contribution in [0.15, 0.2) is 0 Å². The number of nitrogens with zero attached hydrogens (tertiary/aromatic N) is 1. The van der Waals surface area contributed by atoms with Crippen molar-refractivity contribution in [3.63, 3.8) is 0 Å². The fourth-order valence-corrected chi connectivity index (χ4v) is 2.46. The van der Waals surface area contributed by atoms with E-state index in [1.807, 2.05) is 0 Å². The Morgan fingerprint density at radius 1 is 0.760 bits per heavy atom. The molecule has 0 bridgehead atoms. The predicted molar refractivity (Wildman–Crippen MR) is 102 cm³/mol. The number of unbranched alkanes of at least 4 members (excludes halogenated alkanes) is 9. The summed E-state index contributed by atoms with van der Waals surface area (Å²) in [6, 6.07) is -0.618. The molecule has 5 nitrogen and oxygen atoms in total. The van der Waals surface area contributed by atoms with Crippen molar-refractivity contribution in [3.8, 4) is 0 Å². The monoisotopic (exact) mass is 357 g/mol. The highest BCUT2D eigenvalue weighted by molar-refractivity contribution is 5.80. The van der Waals surface area contributed by atoms with Gasteiger partial charge in [0.15, 0.2) is 0 Å². The lowest BCUT2D eigenvalue weighted by Gasteiger charge is -2.22. The molecule has 0 aromatic heterocycles. The second-order valence-electron chi connectivity index (χ2n) is 6.75. The Morgan fingerprint density at radius 3 is 1.76 bits per heavy atom. The SMILES string of the molecule is CCCCCCCCCOC(=O)C(C)N(C)C(=O)OCCCCCC. The van der Waals surface area contributed by atoms with Gasteiger partial charge >= 0.3 is 12.1 Å². The molecule has 0 rings (SSSR count). The van der Waals surface area contributed by atoms with Crippen molar-refractivity contribution in [2.24, 2.45) is 0 Å². The van der Waals surface area contributed by atoms with E-state index in [9.17, 15) is 9.59 Å². The Hall–Kier alpha value is -1.26. The van der Waals surface area contributed by atoms with Crippen LogP contribution in [0, 0.1) is 0 Å². The third-order valence-corrected chi connectivity index (χ3v) is 4.43. The second kappa shape index (κ2) is 16.2. The summed E-state index contributed by atoms with van der Waals surface area (Å²) < 4.78 is 10.5. The normalized spacial score (nSPS) is 11.8. The maximum Gasteiger partial charge on any atom is 0.410 e. The van der Waals surface area contributed by atoms with Crippen molar-refractivity contribution in [1.82, 2.24) is 4.90 Å². The lowest BCUT2D eigenvalue weighted by Crippen LogP contribution is -2.41. The fraction of sp³-hybridized carbons (Fsp3) is 0.900. The van der Waals surface area contributed by atoms with Gasteiger partial charge < -0.3 is 9.47 Å². The van der Waals surface area contributed by atoms with E-state index < -0.39 is 12.1 Å². The van der Waals surface area contributed by atoms with Crippen LogP contribution in [-0.4, -0.2) is 43.3 Å². The Kier molecular flexibility index (Phi) is 15.4. The molecule has 0 aromatic carbocycles. The topological polar surface area (TPSA) is 55.8 Å². The summed E-state index contributed by atoms with van der Waals surface area (Å²) in [6.45, 7) is 6.85. The van der Waals surface area contributed by atoms with Gasteiger partial charge in [-0.25, -0.2) is 9.59 Å². The first kappa shape index (κ1) is 23.7. The van der Waals surface area contributed by atoms with Gasteiger partial charge in [0.05, 0.1) is 13.2 Å². The summed E-state index contributed by atoms with van der Waals surface area (Å²) in [6.07, 6.45) is 12.0. The average molecular weight is 358 g/mol. The summed E-state index contributed by atoms with van der Waals surface area (Å²) in [5.41, 5.74) is 0. The quantitative estimate of drug-likeness (QED) is 0.294. The molecule has 5 heteroatoms. The Balaban J connectivity index is 3.78. The van der Waals surface area contributed by atoms with Gasteiger partial charge in [-0.15, -0.1) is 0 Å². The highest BCUT2D eigenvalue weighted by Gasteiger charge is 2.24. The van der Waals surface area contributed by atoms with Gasteiger partial charge in [-0.05, 0) is 19.8 Å². The smallest absolute Gasteiger partial charge is 0.410 e. The minimum atomic E-state index is -0.618. The molecule has 0 heterocycles. The van der Waals surface area contributed by atoms with E-state index in [4.69, 9.17) is 9.47 Å². The maximum absolute atomic E-state index is 12.0. The minimum Gasteiger partial charge on any atom is -0.464 e. The first-order valence-corrected chi connectivity index (χ1v) is 10.1. The van der Waals surface area contributed by atoms with E-state index in [0.29, 0.717) is 13.2 Å². The number of carbonyl (C=O) groups is 2. The van der Waals surface area contributed by atoms with Crippen LogP contribution in [0.1, 0.15) is 91.4 Å². The van der Waals surface area contributed by atoms with E-state index in [2.05, 4.69) is 13.8 Å². The highest BCUT2D eigenvalue weighted by Crippen LogP contribution is 2.08. The molecule has 0 radical (unpaired) electrons. The molecule has 0 N–H and O–H groups in total. The van der Waals surface area contributed by atoms with E-state index in [1.165, 1.54) is 37.0 Å². The van der Waals surface area contributed by atoms with Crippen LogP contribution in [0.4, 0.5) is 4.79 Å². The Morgan fingerprint density at radius 2 is 1.20 bits per heavy atom. The molecule has 0 spiro atoms. The average Bonchev–Trinajstić information content (AvgIpc) is 2.62. The van der Waals surface area contributed by atoms with Crippen LogP contribution in [-0.2, 0) is 14.3 Å².